The Morgan fingerprint density at radius 1 is 1.15 bits per heavy atom. The molecule has 4 N–H and O–H groups in total. The summed E-state index contributed by atoms with van der Waals surface area (Å²) in [6, 6.07) is 5.14. The summed E-state index contributed by atoms with van der Waals surface area (Å²) < 4.78 is 10.5. The normalized spacial score (nSPS) is 17.1. The van der Waals surface area contributed by atoms with Crippen molar-refractivity contribution in [3.8, 4) is 11.5 Å². The Kier molecular flexibility index (Phi) is 8.67. The van der Waals surface area contributed by atoms with E-state index in [-0.39, 0.29) is 0 Å². The number of hydrogen-bond acceptors (Lipinski definition) is 5. The maximum Gasteiger partial charge on any atom is 0.404 e. The molecule has 0 bridgehead atoms. The first-order valence-electron chi connectivity index (χ1n) is 9.62. The van der Waals surface area contributed by atoms with Crippen molar-refractivity contribution in [3.63, 3.8) is 0 Å². The molecule has 1 aliphatic carbocycles. The summed E-state index contributed by atoms with van der Waals surface area (Å²) in [4.78, 5) is 11.1. The summed E-state index contributed by atoms with van der Waals surface area (Å²) in [5.74, 6) is 1.89. The lowest BCUT2D eigenvalue weighted by molar-refractivity contribution is 0.102. The largest absolute Gasteiger partial charge is 0.497 e. The highest BCUT2D eigenvalue weighted by Crippen LogP contribution is 2.28. The number of amides is 1. The molecule has 1 aromatic carbocycles. The summed E-state index contributed by atoms with van der Waals surface area (Å²) in [6.45, 7) is 0.824. The summed E-state index contributed by atoms with van der Waals surface area (Å²) in [6.07, 6.45) is 4.67. The molecule has 0 spiro atoms. The average molecular weight is 380 g/mol. The van der Waals surface area contributed by atoms with E-state index in [2.05, 4.69) is 10.6 Å². The van der Waals surface area contributed by atoms with E-state index in [1.807, 2.05) is 12.1 Å². The third kappa shape index (κ3) is 7.27. The molecule has 0 radical (unpaired) electrons. The fourth-order valence-corrected chi connectivity index (χ4v) is 3.73. The second-order valence-electron chi connectivity index (χ2n) is 7.21. The molecule has 0 saturated heterocycles. The third-order valence-corrected chi connectivity index (χ3v) is 5.18. The number of nitrogens with one attached hydrogen (secondary N) is 2. The topological polar surface area (TPSA) is 100 Å². The van der Waals surface area contributed by atoms with Crippen LogP contribution < -0.4 is 20.1 Å². The molecule has 0 heterocycles. The van der Waals surface area contributed by atoms with Gasteiger partial charge in [0.2, 0.25) is 0 Å². The number of rotatable bonds is 10. The molecule has 1 amide bonds. The van der Waals surface area contributed by atoms with Gasteiger partial charge >= 0.3 is 6.09 Å². The van der Waals surface area contributed by atoms with Crippen LogP contribution in [0.3, 0.4) is 0 Å². The lowest BCUT2D eigenvalue weighted by Gasteiger charge is -2.29. The first-order valence-corrected chi connectivity index (χ1v) is 9.62. The van der Waals surface area contributed by atoms with Crippen molar-refractivity contribution >= 4 is 6.09 Å². The zero-order valence-electron chi connectivity index (χ0n) is 16.2. The number of ether oxygens (including phenoxy) is 2. The number of aliphatic hydroxyl groups excluding tert-OH is 1. The Morgan fingerprint density at radius 3 is 2.33 bits per heavy atom. The van der Waals surface area contributed by atoms with Crippen LogP contribution in [0.2, 0.25) is 0 Å². The van der Waals surface area contributed by atoms with Crippen LogP contribution in [0.1, 0.15) is 44.1 Å². The van der Waals surface area contributed by atoms with E-state index in [0.29, 0.717) is 36.9 Å². The van der Waals surface area contributed by atoms with Gasteiger partial charge in [-0.2, -0.15) is 0 Å². The molecule has 152 valence electrons. The number of hydrogen-bond donors (Lipinski definition) is 4. The Balaban J connectivity index is 1.88. The lowest BCUT2D eigenvalue weighted by Crippen LogP contribution is -2.48. The highest BCUT2D eigenvalue weighted by Gasteiger charge is 2.25. The van der Waals surface area contributed by atoms with Gasteiger partial charge in [-0.3, -0.25) is 0 Å². The van der Waals surface area contributed by atoms with Crippen LogP contribution in [-0.2, 0) is 6.54 Å². The number of carboxylic acid groups (broad SMARTS) is 1. The summed E-state index contributed by atoms with van der Waals surface area (Å²) in [7, 11) is 3.20. The van der Waals surface area contributed by atoms with Crippen molar-refractivity contribution in [1.82, 2.24) is 10.6 Å². The Hall–Kier alpha value is -1.99. The summed E-state index contributed by atoms with van der Waals surface area (Å²) in [5.41, 5.74) is 0.966. The zero-order valence-corrected chi connectivity index (χ0v) is 16.2. The van der Waals surface area contributed by atoms with Crippen LogP contribution in [0, 0.1) is 5.92 Å². The second kappa shape index (κ2) is 11.0. The molecule has 7 heteroatoms. The maximum absolute atomic E-state index is 11.1. The number of carbonyl (C=O) groups is 1. The van der Waals surface area contributed by atoms with E-state index in [9.17, 15) is 9.90 Å². The molecular formula is C20H32N2O5. The SMILES string of the molecule is COc1cc(CNC[C@@H](O)[C@H](CC2CCCCC2)NC(=O)O)cc(OC)c1. The average Bonchev–Trinajstić information content (AvgIpc) is 2.67. The first-order chi connectivity index (χ1) is 13.0. The molecule has 1 fully saturated rings. The molecule has 0 aliphatic heterocycles. The highest BCUT2D eigenvalue weighted by atomic mass is 16.5. The van der Waals surface area contributed by atoms with Crippen LogP contribution in [0.4, 0.5) is 4.79 Å². The van der Waals surface area contributed by atoms with E-state index in [0.717, 1.165) is 18.4 Å². The van der Waals surface area contributed by atoms with Gasteiger partial charge in [0.15, 0.2) is 0 Å². The van der Waals surface area contributed by atoms with E-state index in [4.69, 9.17) is 14.6 Å². The van der Waals surface area contributed by atoms with Gasteiger partial charge in [-0.25, -0.2) is 4.79 Å². The quantitative estimate of drug-likeness (QED) is 0.498. The summed E-state index contributed by atoms with van der Waals surface area (Å²) in [5, 5.41) is 25.3. The van der Waals surface area contributed by atoms with Crippen molar-refractivity contribution in [3.05, 3.63) is 23.8 Å². The van der Waals surface area contributed by atoms with Gasteiger partial charge in [0.25, 0.3) is 0 Å². The Morgan fingerprint density at radius 2 is 1.78 bits per heavy atom. The zero-order chi connectivity index (χ0) is 19.6. The number of benzene rings is 1. The van der Waals surface area contributed by atoms with Crippen molar-refractivity contribution in [2.24, 2.45) is 5.92 Å². The molecule has 1 aromatic rings. The fraction of sp³-hybridized carbons (Fsp3) is 0.650. The molecule has 1 aliphatic rings. The highest BCUT2D eigenvalue weighted by molar-refractivity contribution is 5.64. The van der Waals surface area contributed by atoms with Crippen LogP contribution in [0.25, 0.3) is 0 Å². The van der Waals surface area contributed by atoms with E-state index >= 15 is 0 Å². The second-order valence-corrected chi connectivity index (χ2v) is 7.21. The van der Waals surface area contributed by atoms with E-state index < -0.39 is 18.2 Å². The van der Waals surface area contributed by atoms with Gasteiger partial charge in [0, 0.05) is 19.2 Å². The van der Waals surface area contributed by atoms with Crippen LogP contribution in [-0.4, -0.2) is 49.2 Å². The molecule has 0 unspecified atom stereocenters. The van der Waals surface area contributed by atoms with Gasteiger partial charge < -0.3 is 30.3 Å². The van der Waals surface area contributed by atoms with E-state index in [1.165, 1.54) is 19.3 Å². The van der Waals surface area contributed by atoms with Gasteiger partial charge in [0.05, 0.1) is 26.4 Å². The Bertz CT molecular complexity index is 567. The molecule has 0 aromatic heterocycles. The van der Waals surface area contributed by atoms with Crippen molar-refractivity contribution < 1.29 is 24.5 Å². The van der Waals surface area contributed by atoms with Gasteiger partial charge in [-0.15, -0.1) is 0 Å². The minimum atomic E-state index is -1.09. The van der Waals surface area contributed by atoms with Crippen LogP contribution >= 0.6 is 0 Å². The molecule has 27 heavy (non-hydrogen) atoms. The van der Waals surface area contributed by atoms with Crippen molar-refractivity contribution in [1.29, 1.82) is 0 Å². The fourth-order valence-electron chi connectivity index (χ4n) is 3.73. The first kappa shape index (κ1) is 21.3. The molecule has 2 rings (SSSR count). The van der Waals surface area contributed by atoms with Gasteiger partial charge in [-0.1, -0.05) is 32.1 Å². The predicted molar refractivity (Wildman–Crippen MR) is 103 cm³/mol. The molecular weight excluding hydrogens is 348 g/mol. The van der Waals surface area contributed by atoms with Crippen LogP contribution in [0.15, 0.2) is 18.2 Å². The molecule has 2 atom stereocenters. The minimum absolute atomic E-state index is 0.303. The van der Waals surface area contributed by atoms with E-state index in [1.54, 1.807) is 20.3 Å². The van der Waals surface area contributed by atoms with Gasteiger partial charge in [-0.05, 0) is 30.0 Å². The Labute approximate surface area is 161 Å². The van der Waals surface area contributed by atoms with Crippen molar-refractivity contribution in [2.45, 2.75) is 57.2 Å². The van der Waals surface area contributed by atoms with Gasteiger partial charge in [0.1, 0.15) is 11.5 Å². The molecule has 1 saturated carbocycles. The monoisotopic (exact) mass is 380 g/mol. The van der Waals surface area contributed by atoms with Crippen molar-refractivity contribution in [2.75, 3.05) is 20.8 Å². The minimum Gasteiger partial charge on any atom is -0.497 e. The molecule has 7 nitrogen and oxygen atoms in total. The maximum atomic E-state index is 11.1. The third-order valence-electron chi connectivity index (χ3n) is 5.18. The smallest absolute Gasteiger partial charge is 0.404 e. The lowest BCUT2D eigenvalue weighted by atomic mass is 9.83. The van der Waals surface area contributed by atoms with Crippen LogP contribution in [0.5, 0.6) is 11.5 Å². The number of aliphatic hydroxyl groups is 1. The standard InChI is InChI=1S/C20H32N2O5/c1-26-16-8-15(9-17(11-16)27-2)12-21-13-19(23)18(22-20(24)25)10-14-6-4-3-5-7-14/h8-9,11,14,18-19,21-23H,3-7,10,12-13H2,1-2H3,(H,24,25)/t18-,19+/m0/s1. The number of methoxy groups -OCH3 is 2. The summed E-state index contributed by atoms with van der Waals surface area (Å²) >= 11 is 0. The predicted octanol–water partition coefficient (Wildman–Crippen LogP) is 2.76.